The van der Waals surface area contributed by atoms with E-state index in [-0.39, 0.29) is 22.9 Å². The Morgan fingerprint density at radius 3 is 2.15 bits per heavy atom. The number of hydrogen-bond donors (Lipinski definition) is 0. The van der Waals surface area contributed by atoms with Gasteiger partial charge in [-0.25, -0.2) is 8.42 Å². The first-order valence-electron chi connectivity index (χ1n) is 9.33. The average molecular weight is 383 g/mol. The highest BCUT2D eigenvalue weighted by Crippen LogP contribution is 2.28. The van der Waals surface area contributed by atoms with Gasteiger partial charge in [0.2, 0.25) is 0 Å². The topological polar surface area (TPSA) is 89.0 Å². The van der Waals surface area contributed by atoms with Gasteiger partial charge in [0, 0.05) is 0 Å². The SMILES string of the molecule is CCCC(CC)OC(=[N+]=[N-])S(=O)(=O)c1ccccc1OC(CC)CCC. The Morgan fingerprint density at radius 1 is 1.04 bits per heavy atom. The molecule has 0 aromatic heterocycles. The Balaban J connectivity index is 3.20. The second-order valence-corrected chi connectivity index (χ2v) is 7.99. The summed E-state index contributed by atoms with van der Waals surface area (Å²) in [6, 6.07) is 6.39. The molecule has 0 radical (unpaired) electrons. The highest BCUT2D eigenvalue weighted by Gasteiger charge is 2.37. The fraction of sp³-hybridized carbons (Fsp3) is 0.632. The molecule has 0 bridgehead atoms. The lowest BCUT2D eigenvalue weighted by atomic mass is 10.1. The van der Waals surface area contributed by atoms with Gasteiger partial charge in [-0.15, -0.1) is 4.79 Å². The maximum Gasteiger partial charge on any atom is 0.575 e. The van der Waals surface area contributed by atoms with Gasteiger partial charge in [-0.3, -0.25) is 0 Å². The van der Waals surface area contributed by atoms with E-state index in [4.69, 9.17) is 9.47 Å². The fourth-order valence-electron chi connectivity index (χ4n) is 2.66. The summed E-state index contributed by atoms with van der Waals surface area (Å²) in [6.45, 7) is 7.93. The van der Waals surface area contributed by atoms with Gasteiger partial charge >= 0.3 is 15.1 Å². The molecule has 0 N–H and O–H groups in total. The molecule has 0 spiro atoms. The van der Waals surface area contributed by atoms with Gasteiger partial charge in [-0.2, -0.15) is 0 Å². The molecular formula is C19H30N2O4S. The Hall–Kier alpha value is -1.85. The number of hydrogen-bond acceptors (Lipinski definition) is 4. The smallest absolute Gasteiger partial charge is 0.489 e. The van der Waals surface area contributed by atoms with Crippen LogP contribution in [0, 0.1) is 0 Å². The standard InChI is InChI=1S/C19H30N2O4S/c1-5-11-15(7-3)24-17-13-9-10-14-18(17)26(22,23)19(21-20)25-16(8-4)12-6-2/h9-10,13-16H,5-8,11-12H2,1-4H3. The summed E-state index contributed by atoms with van der Waals surface area (Å²) < 4.78 is 37.4. The zero-order valence-electron chi connectivity index (χ0n) is 16.1. The average Bonchev–Trinajstić information content (AvgIpc) is 2.64. The van der Waals surface area contributed by atoms with Crippen molar-refractivity contribution < 1.29 is 22.7 Å². The van der Waals surface area contributed by atoms with Crippen LogP contribution >= 0.6 is 0 Å². The molecule has 1 aromatic rings. The van der Waals surface area contributed by atoms with E-state index in [2.05, 4.69) is 11.7 Å². The van der Waals surface area contributed by atoms with Crippen LogP contribution in [0.4, 0.5) is 0 Å². The minimum absolute atomic E-state index is 0.0475. The van der Waals surface area contributed by atoms with Crippen molar-refractivity contribution in [3.63, 3.8) is 0 Å². The number of sulfone groups is 1. The minimum Gasteiger partial charge on any atom is -0.489 e. The summed E-state index contributed by atoms with van der Waals surface area (Å²) in [5.74, 6) is 0.251. The lowest BCUT2D eigenvalue weighted by molar-refractivity contribution is -0.0440. The van der Waals surface area contributed by atoms with E-state index in [1.54, 1.807) is 18.2 Å². The van der Waals surface area contributed by atoms with Crippen LogP contribution in [0.15, 0.2) is 29.2 Å². The summed E-state index contributed by atoms with van der Waals surface area (Å²) in [7, 11) is -4.12. The first kappa shape index (κ1) is 22.2. The van der Waals surface area contributed by atoms with Crippen molar-refractivity contribution in [2.75, 3.05) is 0 Å². The largest absolute Gasteiger partial charge is 0.575 e. The molecule has 6 nitrogen and oxygen atoms in total. The van der Waals surface area contributed by atoms with Crippen LogP contribution in [0.2, 0.25) is 0 Å². The second-order valence-electron chi connectivity index (χ2n) is 6.19. The van der Waals surface area contributed by atoms with Crippen molar-refractivity contribution in [2.45, 2.75) is 83.3 Å². The lowest BCUT2D eigenvalue weighted by Gasteiger charge is -2.19. The third kappa shape index (κ3) is 5.85. The van der Waals surface area contributed by atoms with Crippen molar-refractivity contribution in [3.05, 3.63) is 29.8 Å². The van der Waals surface area contributed by atoms with E-state index in [1.165, 1.54) is 6.07 Å². The van der Waals surface area contributed by atoms with Gasteiger partial charge in [0.1, 0.15) is 16.7 Å². The van der Waals surface area contributed by atoms with Crippen molar-refractivity contribution in [2.24, 2.45) is 0 Å². The van der Waals surface area contributed by atoms with Crippen molar-refractivity contribution in [3.8, 4) is 5.75 Å². The highest BCUT2D eigenvalue weighted by molar-refractivity contribution is 8.05. The molecule has 26 heavy (non-hydrogen) atoms. The monoisotopic (exact) mass is 382 g/mol. The molecule has 146 valence electrons. The van der Waals surface area contributed by atoms with Crippen LogP contribution in [0.25, 0.3) is 5.53 Å². The van der Waals surface area contributed by atoms with Gasteiger partial charge in [-0.05, 0) is 37.8 Å². The molecular weight excluding hydrogens is 352 g/mol. The Morgan fingerprint density at radius 2 is 1.62 bits per heavy atom. The summed E-state index contributed by atoms with van der Waals surface area (Å²) in [4.78, 5) is 2.89. The first-order valence-corrected chi connectivity index (χ1v) is 10.8. The lowest BCUT2D eigenvalue weighted by Crippen LogP contribution is -2.26. The Labute approximate surface area is 157 Å². The quantitative estimate of drug-likeness (QED) is 0.256. The van der Waals surface area contributed by atoms with Gasteiger partial charge in [-0.1, -0.05) is 52.7 Å². The minimum atomic E-state index is -4.12. The predicted molar refractivity (Wildman–Crippen MR) is 102 cm³/mol. The van der Waals surface area contributed by atoms with Gasteiger partial charge in [0.15, 0.2) is 0 Å². The zero-order chi connectivity index (χ0) is 19.6. The number of nitrogens with zero attached hydrogens (tertiary/aromatic N) is 2. The van der Waals surface area contributed by atoms with Gasteiger partial charge in [0.05, 0.1) is 6.10 Å². The van der Waals surface area contributed by atoms with Gasteiger partial charge < -0.3 is 15.0 Å². The predicted octanol–water partition coefficient (Wildman–Crippen LogP) is 4.60. The Kier molecular flexibility index (Phi) is 9.38. The molecule has 0 fully saturated rings. The zero-order valence-corrected chi connectivity index (χ0v) is 17.0. The van der Waals surface area contributed by atoms with Crippen molar-refractivity contribution >= 4 is 15.1 Å². The highest BCUT2D eigenvalue weighted by atomic mass is 32.2. The van der Waals surface area contributed by atoms with Crippen LogP contribution in [0.1, 0.15) is 66.2 Å². The number of ether oxygens (including phenoxy) is 2. The molecule has 0 saturated heterocycles. The maximum absolute atomic E-state index is 13.0. The van der Waals surface area contributed by atoms with Crippen LogP contribution in [-0.4, -0.2) is 30.6 Å². The molecule has 1 rings (SSSR count). The van der Waals surface area contributed by atoms with E-state index < -0.39 is 15.1 Å². The fourth-order valence-corrected chi connectivity index (χ4v) is 3.86. The van der Waals surface area contributed by atoms with Crippen LogP contribution in [-0.2, 0) is 14.6 Å². The number of benzene rings is 1. The molecule has 7 heteroatoms. The Bertz CT molecular complexity index is 712. The van der Waals surface area contributed by atoms with Crippen molar-refractivity contribution in [1.29, 1.82) is 0 Å². The molecule has 0 saturated carbocycles. The van der Waals surface area contributed by atoms with E-state index >= 15 is 0 Å². The van der Waals surface area contributed by atoms with E-state index in [9.17, 15) is 13.9 Å². The van der Waals surface area contributed by atoms with Crippen LogP contribution in [0.3, 0.4) is 0 Å². The van der Waals surface area contributed by atoms with E-state index in [0.29, 0.717) is 12.8 Å². The van der Waals surface area contributed by atoms with Gasteiger partial charge in [0.25, 0.3) is 0 Å². The molecule has 0 aliphatic carbocycles. The summed E-state index contributed by atoms with van der Waals surface area (Å²) in [5, 5.41) is -0.683. The molecule has 2 unspecified atom stereocenters. The number of para-hydroxylation sites is 1. The third-order valence-electron chi connectivity index (χ3n) is 4.14. The molecule has 0 aliphatic heterocycles. The van der Waals surface area contributed by atoms with Crippen LogP contribution < -0.4 is 4.74 Å². The van der Waals surface area contributed by atoms with E-state index in [1.807, 2.05) is 20.8 Å². The molecule has 0 aliphatic rings. The maximum atomic E-state index is 13.0. The summed E-state index contributed by atoms with van der Waals surface area (Å²) >= 11 is 0. The number of rotatable bonds is 10. The third-order valence-corrected chi connectivity index (χ3v) is 5.70. The molecule has 0 heterocycles. The van der Waals surface area contributed by atoms with E-state index in [0.717, 1.165) is 25.7 Å². The second kappa shape index (κ2) is 11.0. The molecule has 2 atom stereocenters. The molecule has 0 amide bonds. The normalized spacial score (nSPS) is 13.5. The summed E-state index contributed by atoms with van der Waals surface area (Å²) in [6.07, 6.45) is 4.28. The first-order chi connectivity index (χ1) is 12.4. The molecule has 1 aromatic carbocycles. The van der Waals surface area contributed by atoms with Crippen LogP contribution in [0.5, 0.6) is 5.75 Å². The van der Waals surface area contributed by atoms with Crippen molar-refractivity contribution in [1.82, 2.24) is 0 Å². The summed E-state index contributed by atoms with van der Waals surface area (Å²) in [5.41, 5.74) is 9.28.